The number of nitrogens with one attached hydrogen (secondary N) is 1. The van der Waals surface area contributed by atoms with E-state index < -0.39 is 94.7 Å². The van der Waals surface area contributed by atoms with Crippen LogP contribution in [0.25, 0.3) is 6.08 Å². The third-order valence-electron chi connectivity index (χ3n) is 16.8. The van der Waals surface area contributed by atoms with Crippen molar-refractivity contribution in [2.75, 3.05) is 18.1 Å². The second kappa shape index (κ2) is 18.3. The number of ether oxygens (including phenoxy) is 2. The number of hydrogen-bond acceptors (Lipinski definition) is 15. The Bertz CT molecular complexity index is 2750. The highest BCUT2D eigenvalue weighted by Gasteiger charge is 2.71. The maximum absolute atomic E-state index is 15.4. The Morgan fingerprint density at radius 3 is 2.41 bits per heavy atom. The van der Waals surface area contributed by atoms with Gasteiger partial charge in [0, 0.05) is 65.4 Å². The number of H-pyrrole nitrogens is 1. The molecule has 12 N–H and O–H groups in total. The highest BCUT2D eigenvalue weighted by molar-refractivity contribution is 6.13. The lowest BCUT2D eigenvalue weighted by Gasteiger charge is -2.58. The molecule has 3 aromatic carbocycles. The second-order valence-electron chi connectivity index (χ2n) is 20.6. The number of nitrogens with zero attached hydrogens (tertiary/aromatic N) is 2. The number of anilines is 1. The Morgan fingerprint density at radius 2 is 1.69 bits per heavy atom. The van der Waals surface area contributed by atoms with Gasteiger partial charge in [-0.2, -0.15) is 0 Å². The first-order chi connectivity index (χ1) is 34.0. The standard InChI is InChI=1S/C53H61N3O15/c57-25-33-7-4-6-32-12-11-29-5-3-8-38(60)43(29)52(32,33)44-30(15-18-50(68)16-1-2-17-50)23-51(49(66)67)45(44)35-21-39(61)40(70-53(69)48(65)47(64)46(63)41(26-58)71-53)22-36(35)56(51)42(62)14-10-28-9-13-37(59)31(19-28)20-34-24-54-27-55-34/h3,5,8-10,13-14,19,21-24,27,32-33,41,44-48,57-61,63-65,68-69H,1-2,4,6-7,11-12,15-18,20,25-26H2,(H,54,55)(H,66,67)/b14-10+/t32-,33-,41-,44+,45+,46-,47+,48-,51-,52+,53+/m1/s1. The number of aromatic nitrogens is 2. The van der Waals surface area contributed by atoms with E-state index in [1.54, 1.807) is 36.5 Å². The number of allylic oxidation sites excluding steroid dienone is 1. The predicted molar refractivity (Wildman–Crippen MR) is 253 cm³/mol. The zero-order chi connectivity index (χ0) is 50.2. The van der Waals surface area contributed by atoms with E-state index in [9.17, 15) is 61.0 Å². The summed E-state index contributed by atoms with van der Waals surface area (Å²) in [5, 5.41) is 124. The molecule has 0 radical (unpaired) electrons. The first-order valence-electron chi connectivity index (χ1n) is 24.5. The molecule has 1 saturated heterocycles. The van der Waals surface area contributed by atoms with Gasteiger partial charge in [0.2, 0.25) is 0 Å². The number of carbonyl (C=O) groups is 2. The fraction of sp³-hybridized carbons (Fsp3) is 0.491. The molecule has 10 rings (SSSR count). The third-order valence-corrected chi connectivity index (χ3v) is 16.8. The fourth-order valence-electron chi connectivity index (χ4n) is 13.7. The van der Waals surface area contributed by atoms with Crippen LogP contribution in [-0.2, 0) is 32.6 Å². The molecule has 11 atom stereocenters. The second-order valence-corrected chi connectivity index (χ2v) is 20.6. The number of carboxylic acids is 1. The number of phenols is 3. The minimum Gasteiger partial charge on any atom is -0.508 e. The third kappa shape index (κ3) is 7.81. The molecule has 3 heterocycles. The van der Waals surface area contributed by atoms with Gasteiger partial charge in [0.25, 0.3) is 5.91 Å². The van der Waals surface area contributed by atoms with E-state index in [0.717, 1.165) is 35.8 Å². The summed E-state index contributed by atoms with van der Waals surface area (Å²) >= 11 is 0. The number of aromatic amines is 1. The number of carboxylic acid groups (broad SMARTS) is 1. The number of amides is 1. The molecule has 18 heteroatoms. The molecule has 18 nitrogen and oxygen atoms in total. The molecule has 71 heavy (non-hydrogen) atoms. The Labute approximate surface area is 408 Å². The minimum atomic E-state index is -3.21. The van der Waals surface area contributed by atoms with Crippen LogP contribution in [0.1, 0.15) is 104 Å². The molecule has 4 aliphatic carbocycles. The summed E-state index contributed by atoms with van der Waals surface area (Å²) in [6.45, 7) is -1.24. The zero-order valence-electron chi connectivity index (χ0n) is 39.0. The van der Waals surface area contributed by atoms with Crippen LogP contribution >= 0.6 is 0 Å². The van der Waals surface area contributed by atoms with Gasteiger partial charge in [0.15, 0.2) is 23.1 Å². The maximum Gasteiger partial charge on any atom is 0.355 e. The van der Waals surface area contributed by atoms with Gasteiger partial charge in [-0.3, -0.25) is 9.69 Å². The van der Waals surface area contributed by atoms with Crippen molar-refractivity contribution >= 4 is 23.6 Å². The van der Waals surface area contributed by atoms with Crippen molar-refractivity contribution in [1.82, 2.24) is 9.97 Å². The summed E-state index contributed by atoms with van der Waals surface area (Å²) in [4.78, 5) is 38.4. The largest absolute Gasteiger partial charge is 0.508 e. The van der Waals surface area contributed by atoms with Crippen molar-refractivity contribution < 1.29 is 75.2 Å². The molecule has 1 amide bonds. The van der Waals surface area contributed by atoms with Crippen molar-refractivity contribution in [2.45, 2.75) is 130 Å². The average Bonchev–Trinajstić information content (AvgIpc) is 4.16. The average molecular weight is 980 g/mol. The van der Waals surface area contributed by atoms with Crippen LogP contribution in [-0.4, -0.2) is 133 Å². The summed E-state index contributed by atoms with van der Waals surface area (Å²) in [6, 6.07) is 12.4. The molecule has 378 valence electrons. The number of aliphatic hydroxyl groups is 7. The van der Waals surface area contributed by atoms with Crippen molar-refractivity contribution in [3.63, 3.8) is 0 Å². The van der Waals surface area contributed by atoms with Crippen molar-refractivity contribution in [3.8, 4) is 23.0 Å². The Morgan fingerprint density at radius 1 is 0.901 bits per heavy atom. The van der Waals surface area contributed by atoms with Crippen molar-refractivity contribution in [2.24, 2.45) is 17.8 Å². The Hall–Kier alpha value is -5.83. The smallest absolute Gasteiger partial charge is 0.355 e. The SMILES string of the molecule is O=C(/C=C/c1ccc(O)c(Cc2cnc[nH]2)c1)N1c2cc(O[C@]3(O)O[C@H](CO)[C@@H](O)[C@H](O)[C@H]3O)c(O)cc2[C@H]2[C@@H]([C@@]34c5c(O)cccc5CC[C@H]3CCC[C@@H]4CO)C(CCC3(O)CCCC3)=C[C@]21C(=O)O. The van der Waals surface area contributed by atoms with E-state index in [-0.39, 0.29) is 54.5 Å². The van der Waals surface area contributed by atoms with Gasteiger partial charge in [0.05, 0.1) is 24.2 Å². The maximum atomic E-state index is 15.4. The normalized spacial score (nSPS) is 32.8. The molecule has 0 spiro atoms. The van der Waals surface area contributed by atoms with Gasteiger partial charge in [-0.25, -0.2) is 9.78 Å². The summed E-state index contributed by atoms with van der Waals surface area (Å²) in [7, 11) is 0. The van der Waals surface area contributed by atoms with Gasteiger partial charge in [-0.05, 0) is 116 Å². The number of phenolic OH excluding ortho intramolecular Hbond substituents is 3. The molecular weight excluding hydrogens is 919 g/mol. The Balaban J connectivity index is 1.18. The number of rotatable bonds is 13. The van der Waals surface area contributed by atoms with E-state index in [1.165, 1.54) is 30.6 Å². The molecular formula is C53H61N3O15. The van der Waals surface area contributed by atoms with Gasteiger partial charge >= 0.3 is 11.9 Å². The van der Waals surface area contributed by atoms with Crippen LogP contribution in [0.2, 0.25) is 0 Å². The number of aromatic hydroxyl groups is 3. The van der Waals surface area contributed by atoms with E-state index in [4.69, 9.17) is 9.47 Å². The minimum absolute atomic E-state index is 0.00793. The molecule has 6 aliphatic rings. The first-order valence-corrected chi connectivity index (χ1v) is 24.5. The molecule has 0 bridgehead atoms. The van der Waals surface area contributed by atoms with E-state index in [2.05, 4.69) is 9.97 Å². The summed E-state index contributed by atoms with van der Waals surface area (Å²) in [6.07, 6.45) is 6.06. The molecule has 0 unspecified atom stereocenters. The lowest BCUT2D eigenvalue weighted by molar-refractivity contribution is -0.422. The van der Waals surface area contributed by atoms with Crippen LogP contribution in [0.4, 0.5) is 5.69 Å². The van der Waals surface area contributed by atoms with E-state index in [1.807, 2.05) is 6.07 Å². The first kappa shape index (κ1) is 48.8. The van der Waals surface area contributed by atoms with Gasteiger partial charge in [0.1, 0.15) is 29.8 Å². The molecule has 2 aliphatic heterocycles. The van der Waals surface area contributed by atoms with E-state index >= 15 is 4.79 Å². The lowest BCUT2D eigenvalue weighted by atomic mass is 9.45. The number of aryl methyl sites for hydroxylation is 1. The van der Waals surface area contributed by atoms with E-state index in [0.29, 0.717) is 66.5 Å². The summed E-state index contributed by atoms with van der Waals surface area (Å²) in [5.41, 5.74) is -0.642. The Kier molecular flexibility index (Phi) is 12.6. The lowest BCUT2D eigenvalue weighted by Crippen LogP contribution is -2.67. The summed E-state index contributed by atoms with van der Waals surface area (Å²) in [5.74, 6) is -9.68. The van der Waals surface area contributed by atoms with Crippen molar-refractivity contribution in [1.29, 1.82) is 0 Å². The molecule has 2 saturated carbocycles. The highest BCUT2D eigenvalue weighted by atomic mass is 16.8. The zero-order valence-corrected chi connectivity index (χ0v) is 39.0. The predicted octanol–water partition coefficient (Wildman–Crippen LogP) is 3.52. The van der Waals surface area contributed by atoms with Crippen LogP contribution in [0.3, 0.4) is 0 Å². The number of aliphatic hydroxyl groups excluding tert-OH is 5. The fourth-order valence-corrected chi connectivity index (χ4v) is 13.7. The molecule has 4 aromatic rings. The number of carbonyl (C=O) groups excluding carboxylic acids is 1. The number of benzene rings is 3. The number of aliphatic carboxylic acids is 1. The number of hydrogen-bond donors (Lipinski definition) is 12. The number of imidazole rings is 1. The number of fused-ring (bicyclic) bond motifs is 6. The monoisotopic (exact) mass is 979 g/mol. The topological polar surface area (TPSA) is 307 Å². The quantitative estimate of drug-likeness (QED) is 0.0518. The van der Waals surface area contributed by atoms with Crippen molar-refractivity contribution in [3.05, 3.63) is 112 Å². The molecule has 1 aromatic heterocycles. The van der Waals surface area contributed by atoms with Crippen LogP contribution in [0, 0.1) is 17.8 Å². The van der Waals surface area contributed by atoms with Gasteiger partial charge in [-0.1, -0.05) is 43.0 Å². The summed E-state index contributed by atoms with van der Waals surface area (Å²) < 4.78 is 11.1. The van der Waals surface area contributed by atoms with Crippen LogP contribution < -0.4 is 9.64 Å². The highest BCUT2D eigenvalue weighted by Crippen LogP contribution is 2.71. The van der Waals surface area contributed by atoms with Crippen LogP contribution in [0.15, 0.2) is 78.8 Å². The van der Waals surface area contributed by atoms with Gasteiger partial charge in [-0.15, -0.1) is 0 Å². The molecule has 3 fully saturated rings. The van der Waals surface area contributed by atoms with Gasteiger partial charge < -0.3 is 70.6 Å². The van der Waals surface area contributed by atoms with Crippen LogP contribution in [0.5, 0.6) is 23.0 Å².